The summed E-state index contributed by atoms with van der Waals surface area (Å²) in [5.74, 6) is 0.592. The van der Waals surface area contributed by atoms with Gasteiger partial charge in [0.25, 0.3) is 11.6 Å². The average Bonchev–Trinajstić information content (AvgIpc) is 2.88. The number of nitrogens with one attached hydrogen (secondary N) is 1. The number of nitro benzene ring substituents is 1. The van der Waals surface area contributed by atoms with E-state index < -0.39 is 4.92 Å². The third-order valence-corrected chi connectivity index (χ3v) is 2.98. The second-order valence-corrected chi connectivity index (χ2v) is 4.45. The van der Waals surface area contributed by atoms with Gasteiger partial charge in [-0.3, -0.25) is 10.1 Å². The van der Waals surface area contributed by atoms with Gasteiger partial charge in [0, 0.05) is 6.07 Å². The second-order valence-electron chi connectivity index (χ2n) is 4.45. The standard InChI is InChI=1S/C13H16N4O3/c1-4-14-9(3)12-15-16-13(20-12)11-8(2)6-5-7-10(11)17(18)19/h5-7,9,14H,4H2,1-3H3. The molecule has 0 spiro atoms. The fourth-order valence-corrected chi connectivity index (χ4v) is 1.99. The van der Waals surface area contributed by atoms with Crippen molar-refractivity contribution in [3.8, 4) is 11.5 Å². The number of hydrogen-bond acceptors (Lipinski definition) is 6. The molecule has 0 fully saturated rings. The van der Waals surface area contributed by atoms with Crippen molar-refractivity contribution in [2.24, 2.45) is 0 Å². The molecule has 1 N–H and O–H groups in total. The van der Waals surface area contributed by atoms with Crippen LogP contribution in [0.5, 0.6) is 0 Å². The van der Waals surface area contributed by atoms with Gasteiger partial charge in [-0.1, -0.05) is 19.1 Å². The van der Waals surface area contributed by atoms with E-state index in [0.717, 1.165) is 12.1 Å². The molecule has 0 saturated carbocycles. The van der Waals surface area contributed by atoms with Crippen LogP contribution in [0.2, 0.25) is 0 Å². The van der Waals surface area contributed by atoms with Gasteiger partial charge in [-0.2, -0.15) is 0 Å². The topological polar surface area (TPSA) is 94.1 Å². The summed E-state index contributed by atoms with van der Waals surface area (Å²) < 4.78 is 5.57. The Morgan fingerprint density at radius 2 is 2.20 bits per heavy atom. The average molecular weight is 276 g/mol. The highest BCUT2D eigenvalue weighted by Crippen LogP contribution is 2.32. The van der Waals surface area contributed by atoms with Gasteiger partial charge in [-0.25, -0.2) is 0 Å². The zero-order valence-electron chi connectivity index (χ0n) is 11.6. The maximum Gasteiger partial charge on any atom is 0.282 e. The minimum absolute atomic E-state index is 0.0312. The maximum absolute atomic E-state index is 11.1. The van der Waals surface area contributed by atoms with Gasteiger partial charge in [-0.15, -0.1) is 10.2 Å². The van der Waals surface area contributed by atoms with E-state index in [-0.39, 0.29) is 17.6 Å². The van der Waals surface area contributed by atoms with Crippen LogP contribution >= 0.6 is 0 Å². The first kappa shape index (κ1) is 14.1. The lowest BCUT2D eigenvalue weighted by Crippen LogP contribution is -2.17. The van der Waals surface area contributed by atoms with E-state index in [9.17, 15) is 10.1 Å². The second kappa shape index (κ2) is 5.79. The number of aryl methyl sites for hydroxylation is 1. The predicted octanol–water partition coefficient (Wildman–Crippen LogP) is 2.62. The van der Waals surface area contributed by atoms with Crippen LogP contribution in [0.25, 0.3) is 11.5 Å². The fraction of sp³-hybridized carbons (Fsp3) is 0.385. The molecule has 0 aliphatic carbocycles. The molecule has 0 radical (unpaired) electrons. The maximum atomic E-state index is 11.1. The zero-order chi connectivity index (χ0) is 14.7. The summed E-state index contributed by atoms with van der Waals surface area (Å²) >= 11 is 0. The molecule has 2 aromatic rings. The van der Waals surface area contributed by atoms with Gasteiger partial charge in [0.05, 0.1) is 11.0 Å². The molecule has 0 bridgehead atoms. The Hall–Kier alpha value is -2.28. The van der Waals surface area contributed by atoms with E-state index in [1.165, 1.54) is 6.07 Å². The molecule has 1 atom stereocenters. The monoisotopic (exact) mass is 276 g/mol. The summed E-state index contributed by atoms with van der Waals surface area (Å²) in [4.78, 5) is 10.6. The molecule has 0 aliphatic heterocycles. The Labute approximate surface area is 116 Å². The van der Waals surface area contributed by atoms with Gasteiger partial charge >= 0.3 is 0 Å². The minimum Gasteiger partial charge on any atom is -0.419 e. The molecule has 0 amide bonds. The van der Waals surface area contributed by atoms with Crippen molar-refractivity contribution in [3.63, 3.8) is 0 Å². The van der Waals surface area contributed by atoms with E-state index in [1.807, 2.05) is 13.8 Å². The molecular weight excluding hydrogens is 260 g/mol. The lowest BCUT2D eigenvalue weighted by atomic mass is 10.1. The first-order valence-corrected chi connectivity index (χ1v) is 6.35. The lowest BCUT2D eigenvalue weighted by molar-refractivity contribution is -0.384. The molecule has 0 saturated heterocycles. The van der Waals surface area contributed by atoms with Crippen LogP contribution < -0.4 is 5.32 Å². The highest BCUT2D eigenvalue weighted by atomic mass is 16.6. The van der Waals surface area contributed by atoms with E-state index in [0.29, 0.717) is 11.5 Å². The number of benzene rings is 1. The van der Waals surface area contributed by atoms with Crippen LogP contribution in [-0.2, 0) is 0 Å². The van der Waals surface area contributed by atoms with Crippen LogP contribution in [0.15, 0.2) is 22.6 Å². The Balaban J connectivity index is 2.45. The highest BCUT2D eigenvalue weighted by Gasteiger charge is 2.23. The summed E-state index contributed by atoms with van der Waals surface area (Å²) in [5, 5.41) is 22.1. The van der Waals surface area contributed by atoms with Gasteiger partial charge in [0.15, 0.2) is 0 Å². The number of aromatic nitrogens is 2. The highest BCUT2D eigenvalue weighted by molar-refractivity contribution is 5.70. The quantitative estimate of drug-likeness (QED) is 0.666. The smallest absolute Gasteiger partial charge is 0.282 e. The van der Waals surface area contributed by atoms with Crippen molar-refractivity contribution < 1.29 is 9.34 Å². The molecule has 106 valence electrons. The van der Waals surface area contributed by atoms with E-state index in [4.69, 9.17) is 4.42 Å². The van der Waals surface area contributed by atoms with Crippen molar-refractivity contribution in [3.05, 3.63) is 39.8 Å². The van der Waals surface area contributed by atoms with E-state index >= 15 is 0 Å². The molecule has 1 heterocycles. The summed E-state index contributed by atoms with van der Waals surface area (Å²) in [6.07, 6.45) is 0. The molecule has 1 unspecified atom stereocenters. The normalized spacial score (nSPS) is 12.3. The zero-order valence-corrected chi connectivity index (χ0v) is 11.6. The molecule has 0 aliphatic rings. The molecule has 1 aromatic carbocycles. The van der Waals surface area contributed by atoms with E-state index in [1.54, 1.807) is 19.1 Å². The molecule has 7 nitrogen and oxygen atoms in total. The summed E-state index contributed by atoms with van der Waals surface area (Å²) in [7, 11) is 0. The number of hydrogen-bond donors (Lipinski definition) is 1. The van der Waals surface area contributed by atoms with Gasteiger partial charge in [-0.05, 0) is 26.0 Å². The summed E-state index contributed by atoms with van der Waals surface area (Å²) in [6.45, 7) is 6.41. The van der Waals surface area contributed by atoms with E-state index in [2.05, 4.69) is 15.5 Å². The number of nitro groups is 1. The minimum atomic E-state index is -0.445. The summed E-state index contributed by atoms with van der Waals surface area (Å²) in [6, 6.07) is 4.75. The predicted molar refractivity (Wildman–Crippen MR) is 73.2 cm³/mol. The molecule has 1 aromatic heterocycles. The van der Waals surface area contributed by atoms with Crippen LogP contribution in [0.3, 0.4) is 0 Å². The Kier molecular flexibility index (Phi) is 4.09. The van der Waals surface area contributed by atoms with Gasteiger partial charge in [0.1, 0.15) is 5.56 Å². The van der Waals surface area contributed by atoms with Crippen LogP contribution in [-0.4, -0.2) is 21.7 Å². The van der Waals surface area contributed by atoms with Gasteiger partial charge in [0.2, 0.25) is 5.89 Å². The van der Waals surface area contributed by atoms with Crippen molar-refractivity contribution in [2.45, 2.75) is 26.8 Å². The third-order valence-electron chi connectivity index (χ3n) is 2.98. The summed E-state index contributed by atoms with van der Waals surface area (Å²) in [5.41, 5.74) is 1.07. The van der Waals surface area contributed by atoms with Crippen molar-refractivity contribution in [2.75, 3.05) is 6.54 Å². The van der Waals surface area contributed by atoms with Crippen molar-refractivity contribution >= 4 is 5.69 Å². The van der Waals surface area contributed by atoms with Crippen molar-refractivity contribution in [1.29, 1.82) is 0 Å². The third kappa shape index (κ3) is 2.67. The molecule has 7 heteroatoms. The van der Waals surface area contributed by atoms with Gasteiger partial charge < -0.3 is 9.73 Å². The fourth-order valence-electron chi connectivity index (χ4n) is 1.99. The number of rotatable bonds is 5. The van der Waals surface area contributed by atoms with Crippen molar-refractivity contribution in [1.82, 2.24) is 15.5 Å². The Bertz CT molecular complexity index is 624. The Morgan fingerprint density at radius 1 is 1.45 bits per heavy atom. The van der Waals surface area contributed by atoms with Crippen LogP contribution in [0, 0.1) is 17.0 Å². The number of nitrogens with zero attached hydrogens (tertiary/aromatic N) is 3. The SMILES string of the molecule is CCNC(C)c1nnc(-c2c(C)cccc2[N+](=O)[O-])o1. The molecular formula is C13H16N4O3. The largest absolute Gasteiger partial charge is 0.419 e. The first-order chi connectivity index (χ1) is 9.54. The molecule has 20 heavy (non-hydrogen) atoms. The first-order valence-electron chi connectivity index (χ1n) is 6.35. The molecule has 2 rings (SSSR count). The van der Waals surface area contributed by atoms with Crippen LogP contribution in [0.4, 0.5) is 5.69 Å². The Morgan fingerprint density at radius 3 is 2.85 bits per heavy atom. The van der Waals surface area contributed by atoms with Crippen LogP contribution in [0.1, 0.15) is 31.3 Å². The lowest BCUT2D eigenvalue weighted by Gasteiger charge is -2.06.